The maximum absolute atomic E-state index is 11.8. The second-order valence-electron chi connectivity index (χ2n) is 9.17. The van der Waals surface area contributed by atoms with Gasteiger partial charge in [0.1, 0.15) is 0 Å². The Bertz CT molecular complexity index is 662. The summed E-state index contributed by atoms with van der Waals surface area (Å²) in [5.74, 6) is 0.201. The third-order valence-electron chi connectivity index (χ3n) is 3.85. The summed E-state index contributed by atoms with van der Waals surface area (Å²) < 4.78 is 0. The molecule has 0 radical (unpaired) electrons. The second kappa shape index (κ2) is 8.47. The smallest absolute Gasteiger partial charge is 0.168 e. The summed E-state index contributed by atoms with van der Waals surface area (Å²) in [5, 5.41) is 0. The molecule has 0 aliphatic heterocycles. The summed E-state index contributed by atoms with van der Waals surface area (Å²) >= 11 is 0. The van der Waals surface area contributed by atoms with Crippen LogP contribution in [-0.4, -0.2) is 5.78 Å². The van der Waals surface area contributed by atoms with Crippen molar-refractivity contribution in [2.45, 2.75) is 61.8 Å². The lowest BCUT2D eigenvalue weighted by Gasteiger charge is -2.17. The third kappa shape index (κ3) is 8.16. The van der Waals surface area contributed by atoms with E-state index in [4.69, 9.17) is 0 Å². The Kier molecular flexibility index (Phi) is 7.17. The number of benzene rings is 2. The van der Waals surface area contributed by atoms with Gasteiger partial charge in [-0.2, -0.15) is 0 Å². The predicted molar refractivity (Wildman–Crippen MR) is 109 cm³/mol. The van der Waals surface area contributed by atoms with Crippen LogP contribution in [0.1, 0.15) is 68.6 Å². The molecule has 25 heavy (non-hydrogen) atoms. The molecule has 2 aromatic carbocycles. The van der Waals surface area contributed by atoms with E-state index < -0.39 is 0 Å². The molecule has 0 amide bonds. The highest BCUT2D eigenvalue weighted by molar-refractivity contribution is 5.99. The maximum atomic E-state index is 11.8. The minimum absolute atomic E-state index is 0.201. The second-order valence-corrected chi connectivity index (χ2v) is 9.17. The first-order chi connectivity index (χ1) is 11.4. The van der Waals surface area contributed by atoms with Crippen LogP contribution in [-0.2, 0) is 6.42 Å². The summed E-state index contributed by atoms with van der Waals surface area (Å²) in [5.41, 5.74) is 4.88. The van der Waals surface area contributed by atoms with Gasteiger partial charge in [0.15, 0.2) is 5.78 Å². The Morgan fingerprint density at radius 3 is 1.48 bits per heavy atom. The van der Waals surface area contributed by atoms with Crippen LogP contribution in [0.25, 0.3) is 0 Å². The van der Waals surface area contributed by atoms with E-state index >= 15 is 0 Å². The van der Waals surface area contributed by atoms with E-state index in [-0.39, 0.29) is 11.2 Å². The van der Waals surface area contributed by atoms with E-state index in [0.717, 1.165) is 12.0 Å². The quantitative estimate of drug-likeness (QED) is 0.550. The molecule has 0 spiro atoms. The molecule has 1 heteroatoms. The van der Waals surface area contributed by atoms with Gasteiger partial charge in [-0.15, -0.1) is 0 Å². The van der Waals surface area contributed by atoms with Gasteiger partial charge in [0, 0.05) is 11.0 Å². The third-order valence-corrected chi connectivity index (χ3v) is 3.85. The van der Waals surface area contributed by atoms with Crippen molar-refractivity contribution in [3.8, 4) is 0 Å². The van der Waals surface area contributed by atoms with Crippen molar-refractivity contribution in [1.29, 1.82) is 0 Å². The fourth-order valence-corrected chi connectivity index (χ4v) is 2.46. The highest BCUT2D eigenvalue weighted by atomic mass is 16.1. The van der Waals surface area contributed by atoms with Crippen LogP contribution in [0.2, 0.25) is 0 Å². The zero-order valence-electron chi connectivity index (χ0n) is 17.2. The zero-order chi connectivity index (χ0) is 19.3. The SMILES string of the molecule is Cc1ccc(C(=O)C(C)(C)C)cc1.Cc1ccc(CC(C)(C)C)cc1. The Labute approximate surface area is 154 Å². The van der Waals surface area contributed by atoms with Crippen LogP contribution in [0.15, 0.2) is 48.5 Å². The molecule has 0 bridgehead atoms. The molecule has 0 unspecified atom stereocenters. The maximum Gasteiger partial charge on any atom is 0.168 e. The van der Waals surface area contributed by atoms with Crippen LogP contribution >= 0.6 is 0 Å². The number of rotatable bonds is 2. The van der Waals surface area contributed by atoms with Crippen LogP contribution in [0.4, 0.5) is 0 Å². The topological polar surface area (TPSA) is 17.1 Å². The van der Waals surface area contributed by atoms with Gasteiger partial charge in [0.05, 0.1) is 0 Å². The molecule has 0 fully saturated rings. The normalized spacial score (nSPS) is 11.5. The highest BCUT2D eigenvalue weighted by Gasteiger charge is 2.22. The molecule has 136 valence electrons. The number of hydrogen-bond donors (Lipinski definition) is 0. The average molecular weight is 339 g/mol. The van der Waals surface area contributed by atoms with Gasteiger partial charge in [-0.25, -0.2) is 0 Å². The summed E-state index contributed by atoms with van der Waals surface area (Å²) in [6.07, 6.45) is 1.16. The van der Waals surface area contributed by atoms with Crippen LogP contribution < -0.4 is 0 Å². The zero-order valence-corrected chi connectivity index (χ0v) is 17.2. The molecule has 0 aliphatic carbocycles. The van der Waals surface area contributed by atoms with E-state index in [9.17, 15) is 4.79 Å². The fourth-order valence-electron chi connectivity index (χ4n) is 2.46. The number of carbonyl (C=O) groups excluding carboxylic acids is 1. The average Bonchev–Trinajstić information content (AvgIpc) is 2.48. The van der Waals surface area contributed by atoms with Gasteiger partial charge in [0.25, 0.3) is 0 Å². The van der Waals surface area contributed by atoms with Crippen molar-refractivity contribution in [3.05, 3.63) is 70.8 Å². The molecule has 0 aliphatic rings. The lowest BCUT2D eigenvalue weighted by molar-refractivity contribution is 0.0858. The van der Waals surface area contributed by atoms with Gasteiger partial charge >= 0.3 is 0 Å². The summed E-state index contributed by atoms with van der Waals surface area (Å²) in [6, 6.07) is 16.5. The molecule has 0 atom stereocenters. The molecular formula is C24H34O. The van der Waals surface area contributed by atoms with Gasteiger partial charge in [0.2, 0.25) is 0 Å². The van der Waals surface area contributed by atoms with Gasteiger partial charge in [-0.3, -0.25) is 4.79 Å². The van der Waals surface area contributed by atoms with E-state index in [1.54, 1.807) is 0 Å². The molecule has 2 aromatic rings. The predicted octanol–water partition coefficient (Wildman–Crippen LogP) is 6.81. The molecule has 0 N–H and O–H groups in total. The van der Waals surface area contributed by atoms with Crippen molar-refractivity contribution < 1.29 is 4.79 Å². The van der Waals surface area contributed by atoms with Crippen molar-refractivity contribution in [1.82, 2.24) is 0 Å². The molecule has 2 rings (SSSR count). The summed E-state index contributed by atoms with van der Waals surface area (Å²) in [4.78, 5) is 11.8. The minimum atomic E-state index is -0.282. The summed E-state index contributed by atoms with van der Waals surface area (Å²) in [6.45, 7) is 16.8. The first-order valence-electron chi connectivity index (χ1n) is 9.05. The lowest BCUT2D eigenvalue weighted by atomic mass is 9.86. The van der Waals surface area contributed by atoms with E-state index in [0.29, 0.717) is 5.41 Å². The van der Waals surface area contributed by atoms with Gasteiger partial charge in [-0.1, -0.05) is 101 Å². The van der Waals surface area contributed by atoms with Crippen molar-refractivity contribution >= 4 is 5.78 Å². The monoisotopic (exact) mass is 338 g/mol. The summed E-state index contributed by atoms with van der Waals surface area (Å²) in [7, 11) is 0. The Morgan fingerprint density at radius 2 is 1.12 bits per heavy atom. The van der Waals surface area contributed by atoms with Crippen LogP contribution in [0.5, 0.6) is 0 Å². The Hall–Kier alpha value is -1.89. The number of carbonyl (C=O) groups is 1. The number of Topliss-reactive ketones (excluding diaryl/α,β-unsaturated/α-hetero) is 1. The van der Waals surface area contributed by atoms with E-state index in [1.165, 1.54) is 16.7 Å². The Morgan fingerprint density at radius 1 is 0.720 bits per heavy atom. The van der Waals surface area contributed by atoms with Crippen LogP contribution in [0.3, 0.4) is 0 Å². The molecule has 1 nitrogen and oxygen atoms in total. The first kappa shape index (κ1) is 21.2. The minimum Gasteiger partial charge on any atom is -0.294 e. The van der Waals surface area contributed by atoms with Crippen molar-refractivity contribution in [3.63, 3.8) is 0 Å². The first-order valence-corrected chi connectivity index (χ1v) is 9.05. The van der Waals surface area contributed by atoms with Crippen molar-refractivity contribution in [2.24, 2.45) is 10.8 Å². The highest BCUT2D eigenvalue weighted by Crippen LogP contribution is 2.21. The standard InChI is InChI=1S/C12H16O.C12H18/c1-9-5-7-10(8-6-9)11(13)12(2,3)4;1-10-5-7-11(8-6-10)9-12(2,3)4/h5-8H,1-4H3;5-8H,9H2,1-4H3. The largest absolute Gasteiger partial charge is 0.294 e. The van der Waals surface area contributed by atoms with Crippen molar-refractivity contribution in [2.75, 3.05) is 0 Å². The molecule has 0 saturated heterocycles. The number of ketones is 1. The number of hydrogen-bond acceptors (Lipinski definition) is 1. The fraction of sp³-hybridized carbons (Fsp3) is 0.458. The van der Waals surface area contributed by atoms with Gasteiger partial charge < -0.3 is 0 Å². The molecule has 0 saturated carbocycles. The van der Waals surface area contributed by atoms with E-state index in [1.807, 2.05) is 52.0 Å². The Balaban J connectivity index is 0.000000251. The molecule has 0 aromatic heterocycles. The van der Waals surface area contributed by atoms with Crippen LogP contribution in [0, 0.1) is 24.7 Å². The van der Waals surface area contributed by atoms with E-state index in [2.05, 4.69) is 52.0 Å². The number of aryl methyl sites for hydroxylation is 2. The molecular weight excluding hydrogens is 304 g/mol. The molecule has 0 heterocycles. The lowest BCUT2D eigenvalue weighted by Crippen LogP contribution is -2.19. The van der Waals surface area contributed by atoms with Gasteiger partial charge in [-0.05, 0) is 31.2 Å².